The van der Waals surface area contributed by atoms with Crippen molar-refractivity contribution in [3.63, 3.8) is 0 Å². The highest BCUT2D eigenvalue weighted by atomic mass is 16.5. The first-order chi connectivity index (χ1) is 9.22. The maximum Gasteiger partial charge on any atom is 0.281 e. The van der Waals surface area contributed by atoms with Crippen molar-refractivity contribution in [1.82, 2.24) is 4.81 Å². The van der Waals surface area contributed by atoms with E-state index < -0.39 is 6.10 Å². The highest BCUT2D eigenvalue weighted by Gasteiger charge is 2.42. The molecule has 0 bridgehead atoms. The maximum absolute atomic E-state index is 10.5. The molecular formula is C14H18BNO3. The summed E-state index contributed by atoms with van der Waals surface area (Å²) in [5.41, 5.74) is 0.635. The second-order valence-corrected chi connectivity index (χ2v) is 5.51. The van der Waals surface area contributed by atoms with E-state index in [0.717, 1.165) is 43.4 Å². The molecule has 100 valence electrons. The number of nitrogens with zero attached hydrogens (tertiary/aromatic N) is 1. The van der Waals surface area contributed by atoms with Crippen molar-refractivity contribution in [2.45, 2.75) is 31.0 Å². The van der Waals surface area contributed by atoms with E-state index in [1.54, 1.807) is 0 Å². The van der Waals surface area contributed by atoms with E-state index >= 15 is 0 Å². The third-order valence-electron chi connectivity index (χ3n) is 4.27. The van der Waals surface area contributed by atoms with Gasteiger partial charge < -0.3 is 19.4 Å². The van der Waals surface area contributed by atoms with Crippen LogP contribution in [0.4, 0.5) is 0 Å². The van der Waals surface area contributed by atoms with Crippen LogP contribution in [-0.4, -0.2) is 42.2 Å². The summed E-state index contributed by atoms with van der Waals surface area (Å²) in [5, 5.41) is 10.3. The topological polar surface area (TPSA) is 49.8 Å². The molecule has 1 spiro atoms. The summed E-state index contributed by atoms with van der Waals surface area (Å²) in [6.07, 6.45) is 2.89. The molecule has 2 aliphatic rings. The van der Waals surface area contributed by atoms with E-state index in [2.05, 4.69) is 4.81 Å². The third kappa shape index (κ3) is 2.40. The lowest BCUT2D eigenvalue weighted by atomic mass is 9.79. The quantitative estimate of drug-likeness (QED) is 0.632. The Hall–Kier alpha value is -1.33. The van der Waals surface area contributed by atoms with Crippen LogP contribution in [0.2, 0.25) is 0 Å². The zero-order valence-electron chi connectivity index (χ0n) is 10.9. The van der Waals surface area contributed by atoms with Gasteiger partial charge in [0.1, 0.15) is 11.4 Å². The summed E-state index contributed by atoms with van der Waals surface area (Å²) in [5.74, 6) is 0.810. The predicted octanol–water partition coefficient (Wildman–Crippen LogP) is 0.879. The van der Waals surface area contributed by atoms with Crippen LogP contribution in [0.1, 0.15) is 30.9 Å². The molecule has 2 heterocycles. The molecule has 1 N–H and O–H groups in total. The van der Waals surface area contributed by atoms with Crippen LogP contribution in [0.25, 0.3) is 0 Å². The number of hydrogen-bond acceptors (Lipinski definition) is 4. The van der Waals surface area contributed by atoms with Crippen molar-refractivity contribution >= 4 is 13.6 Å². The number of piperidine rings is 1. The molecule has 1 fully saturated rings. The molecule has 1 aromatic rings. The Labute approximate surface area is 113 Å². The van der Waals surface area contributed by atoms with Crippen LogP contribution in [0.5, 0.6) is 5.75 Å². The minimum Gasteiger partial charge on any atom is -0.487 e. The van der Waals surface area contributed by atoms with E-state index in [4.69, 9.17) is 4.74 Å². The van der Waals surface area contributed by atoms with Gasteiger partial charge in [-0.05, 0) is 32.0 Å². The highest BCUT2D eigenvalue weighted by molar-refractivity contribution is 6.64. The van der Waals surface area contributed by atoms with Crippen LogP contribution in [0.3, 0.4) is 0 Å². The first-order valence-electron chi connectivity index (χ1n) is 6.84. The van der Waals surface area contributed by atoms with Gasteiger partial charge in [-0.3, -0.25) is 0 Å². The fourth-order valence-corrected chi connectivity index (χ4v) is 3.14. The Morgan fingerprint density at radius 2 is 2.11 bits per heavy atom. The van der Waals surface area contributed by atoms with Crippen molar-refractivity contribution in [1.29, 1.82) is 0 Å². The first-order valence-corrected chi connectivity index (χ1v) is 6.84. The molecule has 0 amide bonds. The monoisotopic (exact) mass is 259 g/mol. The number of hydrogen-bond donors (Lipinski definition) is 1. The van der Waals surface area contributed by atoms with Crippen molar-refractivity contribution < 1.29 is 14.6 Å². The zero-order valence-corrected chi connectivity index (χ0v) is 10.9. The van der Waals surface area contributed by atoms with Gasteiger partial charge in [-0.1, -0.05) is 18.2 Å². The molecule has 0 saturated carbocycles. The van der Waals surface area contributed by atoms with Crippen LogP contribution in [0.15, 0.2) is 24.3 Å². The Morgan fingerprint density at radius 1 is 1.37 bits per heavy atom. The number of ether oxygens (including phenoxy) is 1. The first kappa shape index (κ1) is 12.7. The fourth-order valence-electron chi connectivity index (χ4n) is 3.14. The maximum atomic E-state index is 10.5. The largest absolute Gasteiger partial charge is 0.487 e. The molecule has 1 aromatic carbocycles. The molecule has 19 heavy (non-hydrogen) atoms. The van der Waals surface area contributed by atoms with Crippen LogP contribution in [0, 0.1) is 0 Å². The fraction of sp³-hybridized carbons (Fsp3) is 0.500. The molecule has 0 aliphatic carbocycles. The number of aliphatic hydroxyl groups is 1. The van der Waals surface area contributed by atoms with E-state index in [1.807, 2.05) is 24.3 Å². The normalized spacial score (nSPS) is 25.4. The molecule has 3 rings (SSSR count). The Morgan fingerprint density at radius 3 is 2.84 bits per heavy atom. The summed E-state index contributed by atoms with van der Waals surface area (Å²) in [4.78, 5) is 12.7. The van der Waals surface area contributed by atoms with Gasteiger partial charge in [-0.25, -0.2) is 0 Å². The molecule has 1 atom stereocenters. The zero-order chi connectivity index (χ0) is 13.3. The standard InChI is InChI=1S/C14H18BNO3/c17-10-15-16-7-5-14(6-8-16)9-12(18)11-3-1-2-4-13(11)19-14/h1-4,10,12,15,18H,5-9H2. The van der Waals surface area contributed by atoms with E-state index in [-0.39, 0.29) is 5.60 Å². The number of carbonyl (C=O) groups is 1. The summed E-state index contributed by atoms with van der Waals surface area (Å²) in [6.45, 7) is 1.71. The number of carbonyl (C=O) groups excluding carboxylic acids is 1. The van der Waals surface area contributed by atoms with Crippen LogP contribution in [-0.2, 0) is 4.79 Å². The van der Waals surface area contributed by atoms with Gasteiger partial charge in [0.05, 0.1) is 12.3 Å². The van der Waals surface area contributed by atoms with Gasteiger partial charge in [0, 0.05) is 12.0 Å². The van der Waals surface area contributed by atoms with Gasteiger partial charge in [-0.15, -0.1) is 0 Å². The lowest BCUT2D eigenvalue weighted by molar-refractivity contribution is -0.0437. The molecule has 1 saturated heterocycles. The summed E-state index contributed by atoms with van der Waals surface area (Å²) in [6, 6.07) is 7.72. The lowest BCUT2D eigenvalue weighted by Crippen LogP contribution is -2.51. The number of rotatable bonds is 2. The average molecular weight is 259 g/mol. The Bertz CT molecular complexity index is 472. The van der Waals surface area contributed by atoms with Gasteiger partial charge >= 0.3 is 0 Å². The van der Waals surface area contributed by atoms with Gasteiger partial charge in [0.2, 0.25) is 0 Å². The minimum atomic E-state index is -0.442. The number of fused-ring (bicyclic) bond motifs is 1. The number of aliphatic hydroxyl groups excluding tert-OH is 1. The third-order valence-corrected chi connectivity index (χ3v) is 4.27. The molecule has 0 aromatic heterocycles. The van der Waals surface area contributed by atoms with Crippen LogP contribution >= 0.6 is 0 Å². The molecule has 4 nitrogen and oxygen atoms in total. The molecular weight excluding hydrogens is 241 g/mol. The Balaban J connectivity index is 1.76. The van der Waals surface area contributed by atoms with Gasteiger partial charge in [0.15, 0.2) is 0 Å². The van der Waals surface area contributed by atoms with E-state index in [1.165, 1.54) is 0 Å². The molecule has 0 radical (unpaired) electrons. The summed E-state index contributed by atoms with van der Waals surface area (Å²) < 4.78 is 6.18. The molecule has 2 aliphatic heterocycles. The van der Waals surface area contributed by atoms with Crippen molar-refractivity contribution in [3.8, 4) is 5.75 Å². The van der Waals surface area contributed by atoms with E-state index in [0.29, 0.717) is 13.8 Å². The van der Waals surface area contributed by atoms with Crippen LogP contribution < -0.4 is 4.74 Å². The predicted molar refractivity (Wildman–Crippen MR) is 74.1 cm³/mol. The minimum absolute atomic E-state index is 0.257. The SMILES string of the molecule is O=CBN1CCC2(CC1)CC(O)c1ccccc1O2. The second kappa shape index (κ2) is 4.98. The van der Waals surface area contributed by atoms with Crippen molar-refractivity contribution in [2.24, 2.45) is 0 Å². The lowest BCUT2D eigenvalue weighted by Gasteiger charge is -2.45. The van der Waals surface area contributed by atoms with Crippen molar-refractivity contribution in [3.05, 3.63) is 29.8 Å². The van der Waals surface area contributed by atoms with Crippen molar-refractivity contribution in [2.75, 3.05) is 13.1 Å². The van der Waals surface area contributed by atoms with Gasteiger partial charge in [-0.2, -0.15) is 0 Å². The van der Waals surface area contributed by atoms with Gasteiger partial charge in [0.25, 0.3) is 7.41 Å². The second-order valence-electron chi connectivity index (χ2n) is 5.51. The number of benzene rings is 1. The molecule has 5 heteroatoms. The molecule has 1 unspecified atom stereocenters. The smallest absolute Gasteiger partial charge is 0.281 e. The highest BCUT2D eigenvalue weighted by Crippen LogP contribution is 2.43. The summed E-state index contributed by atoms with van der Waals surface area (Å²) in [7, 11) is 0.495. The number of para-hydroxylation sites is 1. The summed E-state index contributed by atoms with van der Waals surface area (Å²) >= 11 is 0. The van der Waals surface area contributed by atoms with E-state index in [9.17, 15) is 9.90 Å². The average Bonchev–Trinajstić information content (AvgIpc) is 2.42. The Kier molecular flexibility index (Phi) is 3.33.